The number of thiocarbonyl (C=S) groups is 1. The molecule has 0 aromatic heterocycles. The Labute approximate surface area is 187 Å². The predicted molar refractivity (Wildman–Crippen MR) is 129 cm³/mol. The van der Waals surface area contributed by atoms with E-state index in [-0.39, 0.29) is 16.9 Å². The standard InChI is InChI=1S/C23H26ClN3O2S/c1-4-5-21(28)25-18-11-12-19(24)20(14-18)26-23(30)27-22(29)13-8-16-6-9-17(10-7-16)15(2)3/h6-15H,4-5H2,1-3H3,(H,25,28)(H2,26,27,29,30). The lowest BCUT2D eigenvalue weighted by molar-refractivity contribution is -0.116. The average Bonchev–Trinajstić information content (AvgIpc) is 2.69. The molecule has 0 unspecified atom stereocenters. The molecule has 0 heterocycles. The Bertz CT molecular complexity index is 940. The Morgan fingerprint density at radius 1 is 1.10 bits per heavy atom. The van der Waals surface area contributed by atoms with Crippen LogP contribution in [0, 0.1) is 0 Å². The van der Waals surface area contributed by atoms with E-state index in [9.17, 15) is 9.59 Å². The van der Waals surface area contributed by atoms with E-state index in [4.69, 9.17) is 23.8 Å². The fourth-order valence-electron chi connectivity index (χ4n) is 2.62. The quantitative estimate of drug-likeness (QED) is 0.377. The Hall–Kier alpha value is -2.70. The summed E-state index contributed by atoms with van der Waals surface area (Å²) in [6.07, 6.45) is 4.34. The lowest BCUT2D eigenvalue weighted by Crippen LogP contribution is -2.32. The van der Waals surface area contributed by atoms with Gasteiger partial charge in [-0.3, -0.25) is 14.9 Å². The van der Waals surface area contributed by atoms with Gasteiger partial charge >= 0.3 is 0 Å². The average molecular weight is 444 g/mol. The molecule has 0 saturated heterocycles. The van der Waals surface area contributed by atoms with Crippen molar-refractivity contribution in [2.75, 3.05) is 10.6 Å². The van der Waals surface area contributed by atoms with Gasteiger partial charge in [0.2, 0.25) is 11.8 Å². The van der Waals surface area contributed by atoms with E-state index in [1.54, 1.807) is 24.3 Å². The number of rotatable bonds is 7. The number of amides is 2. The number of carbonyl (C=O) groups is 2. The van der Waals surface area contributed by atoms with Crippen LogP contribution in [0.4, 0.5) is 11.4 Å². The number of nitrogens with one attached hydrogen (secondary N) is 3. The van der Waals surface area contributed by atoms with Gasteiger partial charge in [-0.25, -0.2) is 0 Å². The van der Waals surface area contributed by atoms with Gasteiger partial charge in [-0.1, -0.05) is 56.6 Å². The summed E-state index contributed by atoms with van der Waals surface area (Å²) in [5, 5.41) is 8.79. The number of hydrogen-bond acceptors (Lipinski definition) is 3. The molecule has 0 fully saturated rings. The third kappa shape index (κ3) is 7.61. The summed E-state index contributed by atoms with van der Waals surface area (Å²) in [7, 11) is 0. The molecule has 2 aromatic rings. The second-order valence-corrected chi connectivity index (χ2v) is 7.91. The zero-order valence-corrected chi connectivity index (χ0v) is 18.9. The molecule has 0 aliphatic heterocycles. The topological polar surface area (TPSA) is 70.2 Å². The molecule has 3 N–H and O–H groups in total. The molecule has 5 nitrogen and oxygen atoms in total. The Morgan fingerprint density at radius 2 is 1.80 bits per heavy atom. The highest BCUT2D eigenvalue weighted by Gasteiger charge is 2.08. The van der Waals surface area contributed by atoms with E-state index in [1.165, 1.54) is 11.6 Å². The fraction of sp³-hybridized carbons (Fsp3) is 0.261. The molecule has 2 rings (SSSR count). The maximum absolute atomic E-state index is 12.1. The number of anilines is 2. The van der Waals surface area contributed by atoms with Crippen molar-refractivity contribution in [1.29, 1.82) is 0 Å². The van der Waals surface area contributed by atoms with Crippen LogP contribution in [-0.2, 0) is 9.59 Å². The van der Waals surface area contributed by atoms with Gasteiger partial charge in [0, 0.05) is 18.2 Å². The SMILES string of the molecule is CCCC(=O)Nc1ccc(Cl)c(NC(=S)NC(=O)C=Cc2ccc(C(C)C)cc2)c1. The van der Waals surface area contributed by atoms with Crippen molar-refractivity contribution in [2.45, 2.75) is 39.5 Å². The molecule has 30 heavy (non-hydrogen) atoms. The van der Waals surface area contributed by atoms with Gasteiger partial charge in [0.25, 0.3) is 0 Å². The van der Waals surface area contributed by atoms with E-state index in [0.29, 0.717) is 28.7 Å². The van der Waals surface area contributed by atoms with Crippen LogP contribution < -0.4 is 16.0 Å². The smallest absolute Gasteiger partial charge is 0.250 e. The fourth-order valence-corrected chi connectivity index (χ4v) is 3.00. The summed E-state index contributed by atoms with van der Waals surface area (Å²) >= 11 is 11.4. The molecule has 0 aliphatic carbocycles. The van der Waals surface area contributed by atoms with Crippen LogP contribution >= 0.6 is 23.8 Å². The zero-order chi connectivity index (χ0) is 22.1. The molecule has 0 spiro atoms. The predicted octanol–water partition coefficient (Wildman–Crippen LogP) is 5.73. The van der Waals surface area contributed by atoms with Crippen LogP contribution in [0.2, 0.25) is 5.02 Å². The number of halogens is 1. The lowest BCUT2D eigenvalue weighted by atomic mass is 10.0. The van der Waals surface area contributed by atoms with Crippen molar-refractivity contribution in [3.05, 3.63) is 64.7 Å². The first kappa shape index (κ1) is 23.6. The van der Waals surface area contributed by atoms with E-state index in [0.717, 1.165) is 12.0 Å². The largest absolute Gasteiger partial charge is 0.331 e. The van der Waals surface area contributed by atoms with Crippen molar-refractivity contribution in [3.63, 3.8) is 0 Å². The monoisotopic (exact) mass is 443 g/mol. The van der Waals surface area contributed by atoms with Gasteiger partial charge in [0.15, 0.2) is 5.11 Å². The van der Waals surface area contributed by atoms with Crippen LogP contribution in [-0.4, -0.2) is 16.9 Å². The molecular formula is C23H26ClN3O2S. The van der Waals surface area contributed by atoms with Crippen molar-refractivity contribution in [1.82, 2.24) is 5.32 Å². The van der Waals surface area contributed by atoms with Gasteiger partial charge < -0.3 is 10.6 Å². The first-order valence-corrected chi connectivity index (χ1v) is 10.6. The van der Waals surface area contributed by atoms with E-state index in [1.807, 2.05) is 31.2 Å². The van der Waals surface area contributed by atoms with Crippen LogP contribution in [0.5, 0.6) is 0 Å². The second kappa shape index (κ2) is 11.5. The third-order valence-electron chi connectivity index (χ3n) is 4.24. The maximum Gasteiger partial charge on any atom is 0.250 e. The number of carbonyl (C=O) groups excluding carboxylic acids is 2. The van der Waals surface area contributed by atoms with Gasteiger partial charge in [-0.05, 0) is 60.0 Å². The van der Waals surface area contributed by atoms with Gasteiger partial charge in [-0.2, -0.15) is 0 Å². The zero-order valence-electron chi connectivity index (χ0n) is 17.3. The molecule has 0 atom stereocenters. The number of benzene rings is 2. The van der Waals surface area contributed by atoms with Crippen molar-refractivity contribution in [3.8, 4) is 0 Å². The van der Waals surface area contributed by atoms with Crippen LogP contribution in [0.15, 0.2) is 48.5 Å². The molecular weight excluding hydrogens is 418 g/mol. The minimum absolute atomic E-state index is 0.0757. The van der Waals surface area contributed by atoms with Gasteiger partial charge in [0.05, 0.1) is 10.7 Å². The summed E-state index contributed by atoms with van der Waals surface area (Å²) in [4.78, 5) is 23.9. The molecule has 0 bridgehead atoms. The highest BCUT2D eigenvalue weighted by molar-refractivity contribution is 7.80. The summed E-state index contributed by atoms with van der Waals surface area (Å²) in [6, 6.07) is 13.0. The summed E-state index contributed by atoms with van der Waals surface area (Å²) in [5.74, 6) is 0.0252. The molecule has 0 radical (unpaired) electrons. The minimum Gasteiger partial charge on any atom is -0.331 e. The normalized spacial score (nSPS) is 10.8. The summed E-state index contributed by atoms with van der Waals surface area (Å²) in [5.41, 5.74) is 3.25. The first-order chi connectivity index (χ1) is 14.3. The van der Waals surface area contributed by atoms with Crippen LogP contribution in [0.25, 0.3) is 6.08 Å². The third-order valence-corrected chi connectivity index (χ3v) is 4.78. The Balaban J connectivity index is 1.94. The molecule has 0 saturated carbocycles. The summed E-state index contributed by atoms with van der Waals surface area (Å²) < 4.78 is 0. The second-order valence-electron chi connectivity index (χ2n) is 7.09. The molecule has 158 valence electrons. The van der Waals surface area contributed by atoms with Gasteiger partial charge in [0.1, 0.15) is 0 Å². The minimum atomic E-state index is -0.357. The Kier molecular flexibility index (Phi) is 9.02. The van der Waals surface area contributed by atoms with Crippen molar-refractivity contribution in [2.24, 2.45) is 0 Å². The van der Waals surface area contributed by atoms with Crippen LogP contribution in [0.3, 0.4) is 0 Å². The summed E-state index contributed by atoms with van der Waals surface area (Å²) in [6.45, 7) is 6.20. The van der Waals surface area contributed by atoms with E-state index < -0.39 is 0 Å². The molecule has 2 amide bonds. The highest BCUT2D eigenvalue weighted by Crippen LogP contribution is 2.25. The highest BCUT2D eigenvalue weighted by atomic mass is 35.5. The first-order valence-electron chi connectivity index (χ1n) is 9.78. The maximum atomic E-state index is 12.1. The molecule has 7 heteroatoms. The Morgan fingerprint density at radius 3 is 2.43 bits per heavy atom. The van der Waals surface area contributed by atoms with E-state index >= 15 is 0 Å². The van der Waals surface area contributed by atoms with Crippen molar-refractivity contribution >= 4 is 58.2 Å². The molecule has 2 aromatic carbocycles. The van der Waals surface area contributed by atoms with Gasteiger partial charge in [-0.15, -0.1) is 0 Å². The van der Waals surface area contributed by atoms with Crippen molar-refractivity contribution < 1.29 is 9.59 Å². The van der Waals surface area contributed by atoms with Crippen LogP contribution in [0.1, 0.15) is 50.7 Å². The molecule has 0 aliphatic rings. The lowest BCUT2D eigenvalue weighted by Gasteiger charge is -2.12. The number of hydrogen-bond donors (Lipinski definition) is 3. The van der Waals surface area contributed by atoms with E-state index in [2.05, 4.69) is 29.8 Å².